The van der Waals surface area contributed by atoms with Gasteiger partial charge in [-0.25, -0.2) is 9.97 Å². The summed E-state index contributed by atoms with van der Waals surface area (Å²) in [6.07, 6.45) is 6.54. The molecule has 11 heteroatoms. The lowest BCUT2D eigenvalue weighted by molar-refractivity contribution is 0.454. The first kappa shape index (κ1) is 20.5. The number of benzene rings is 1. The van der Waals surface area contributed by atoms with Crippen LogP contribution >= 0.6 is 0 Å². The van der Waals surface area contributed by atoms with Crippen LogP contribution in [0.1, 0.15) is 25.6 Å². The van der Waals surface area contributed by atoms with Gasteiger partial charge in [-0.1, -0.05) is 13.8 Å². The van der Waals surface area contributed by atoms with E-state index in [1.54, 1.807) is 71.3 Å². The third-order valence-corrected chi connectivity index (χ3v) is 5.66. The molecule has 3 aromatic heterocycles. The van der Waals surface area contributed by atoms with Crippen molar-refractivity contribution in [1.82, 2.24) is 29.3 Å². The van der Waals surface area contributed by atoms with E-state index in [9.17, 15) is 8.42 Å². The molecule has 0 saturated carbocycles. The van der Waals surface area contributed by atoms with E-state index in [-0.39, 0.29) is 10.9 Å². The molecule has 31 heavy (non-hydrogen) atoms. The first-order chi connectivity index (χ1) is 14.8. The maximum Gasteiger partial charge on any atom is 0.280 e. The van der Waals surface area contributed by atoms with E-state index in [1.165, 1.54) is 6.20 Å². The van der Waals surface area contributed by atoms with Gasteiger partial charge in [-0.2, -0.15) is 8.42 Å². The van der Waals surface area contributed by atoms with Gasteiger partial charge in [-0.3, -0.25) is 9.29 Å². The highest BCUT2D eigenvalue weighted by Crippen LogP contribution is 2.23. The van der Waals surface area contributed by atoms with Crippen LogP contribution in [0, 0.1) is 0 Å². The fourth-order valence-corrected chi connectivity index (χ4v) is 4.00. The van der Waals surface area contributed by atoms with Crippen LogP contribution in [0.15, 0.2) is 66.3 Å². The quantitative estimate of drug-likeness (QED) is 0.470. The summed E-state index contributed by atoms with van der Waals surface area (Å²) >= 11 is 0. The van der Waals surface area contributed by atoms with Crippen LogP contribution in [0.25, 0.3) is 5.82 Å². The van der Waals surface area contributed by atoms with E-state index in [2.05, 4.69) is 24.9 Å². The number of rotatable bonds is 7. The number of ether oxygens (including phenoxy) is 1. The number of aryl methyl sites for hydroxylation is 1. The number of aromatic nitrogens is 6. The Morgan fingerprint density at radius 2 is 1.84 bits per heavy atom. The highest BCUT2D eigenvalue weighted by atomic mass is 32.2. The van der Waals surface area contributed by atoms with Crippen LogP contribution in [0.4, 0.5) is 5.69 Å². The molecule has 0 unspecified atom stereocenters. The second-order valence-electron chi connectivity index (χ2n) is 7.13. The van der Waals surface area contributed by atoms with Gasteiger partial charge >= 0.3 is 0 Å². The Morgan fingerprint density at radius 3 is 2.42 bits per heavy atom. The fourth-order valence-electron chi connectivity index (χ4n) is 2.94. The smallest absolute Gasteiger partial charge is 0.280 e. The Bertz CT molecular complexity index is 1260. The maximum atomic E-state index is 12.7. The number of hydrogen-bond donors (Lipinski definition) is 1. The molecule has 4 aromatic rings. The molecule has 160 valence electrons. The molecule has 0 amide bonds. The Morgan fingerprint density at radius 1 is 1.06 bits per heavy atom. The van der Waals surface area contributed by atoms with Crippen LogP contribution in [0.5, 0.6) is 11.6 Å². The summed E-state index contributed by atoms with van der Waals surface area (Å²) in [6, 6.07) is 9.93. The zero-order valence-corrected chi connectivity index (χ0v) is 18.0. The summed E-state index contributed by atoms with van der Waals surface area (Å²) in [5.41, 5.74) is 0.394. The molecule has 0 radical (unpaired) electrons. The number of sulfonamides is 1. The third-order valence-electron chi connectivity index (χ3n) is 4.41. The largest absolute Gasteiger partial charge is 0.438 e. The standard InChI is InChI=1S/C20H21N7O3S/c1-14(2)20-22-19(12-26(20)3)31(28,29)25-15-4-6-16(7-5-15)30-18-9-8-17(23-24-18)27-11-10-21-13-27/h4-14,25H,1-3H3. The fraction of sp³-hybridized carbons (Fsp3) is 0.200. The van der Waals surface area contributed by atoms with Crippen molar-refractivity contribution < 1.29 is 13.2 Å². The summed E-state index contributed by atoms with van der Waals surface area (Å²) in [7, 11) is -2.02. The minimum atomic E-state index is -3.80. The van der Waals surface area contributed by atoms with Crippen LogP contribution < -0.4 is 9.46 Å². The zero-order valence-electron chi connectivity index (χ0n) is 17.2. The molecular formula is C20H21N7O3S. The molecule has 1 aromatic carbocycles. The average molecular weight is 440 g/mol. The number of anilines is 1. The van der Waals surface area contributed by atoms with Crippen molar-refractivity contribution in [3.8, 4) is 17.4 Å². The highest BCUT2D eigenvalue weighted by molar-refractivity contribution is 7.92. The van der Waals surface area contributed by atoms with Crippen LogP contribution in [0.2, 0.25) is 0 Å². The number of nitrogens with one attached hydrogen (secondary N) is 1. The topological polar surface area (TPSA) is 117 Å². The maximum absolute atomic E-state index is 12.7. The number of imidazole rings is 2. The Kier molecular flexibility index (Phi) is 5.42. The minimum absolute atomic E-state index is 0.0210. The van der Waals surface area contributed by atoms with Crippen molar-refractivity contribution >= 4 is 15.7 Å². The SMILES string of the molecule is CC(C)c1nc(S(=O)(=O)Nc2ccc(Oc3ccc(-n4ccnc4)nn3)cc2)cn1C. The van der Waals surface area contributed by atoms with Crippen molar-refractivity contribution in [2.45, 2.75) is 24.8 Å². The van der Waals surface area contributed by atoms with Gasteiger partial charge in [-0.05, 0) is 30.3 Å². The molecule has 0 aliphatic rings. The minimum Gasteiger partial charge on any atom is -0.438 e. The Hall–Kier alpha value is -3.73. The highest BCUT2D eigenvalue weighted by Gasteiger charge is 2.20. The Labute approximate surface area is 179 Å². The van der Waals surface area contributed by atoms with Crippen molar-refractivity contribution in [2.75, 3.05) is 4.72 Å². The van der Waals surface area contributed by atoms with E-state index < -0.39 is 10.0 Å². The molecule has 0 bridgehead atoms. The molecule has 0 saturated heterocycles. The van der Waals surface area contributed by atoms with Gasteiger partial charge < -0.3 is 9.30 Å². The van der Waals surface area contributed by atoms with Crippen molar-refractivity contribution in [3.05, 3.63) is 67.1 Å². The molecule has 10 nitrogen and oxygen atoms in total. The first-order valence-corrected chi connectivity index (χ1v) is 11.0. The van der Waals surface area contributed by atoms with Gasteiger partial charge in [0, 0.05) is 43.3 Å². The predicted octanol–water partition coefficient (Wildman–Crippen LogP) is 3.11. The summed E-state index contributed by atoms with van der Waals surface area (Å²) in [5.74, 6) is 2.23. The summed E-state index contributed by atoms with van der Waals surface area (Å²) in [5, 5.41) is 8.10. The van der Waals surface area contributed by atoms with E-state index in [1.807, 2.05) is 13.8 Å². The van der Waals surface area contributed by atoms with Gasteiger partial charge in [0.25, 0.3) is 10.0 Å². The molecule has 0 aliphatic carbocycles. The normalized spacial score (nSPS) is 11.6. The van der Waals surface area contributed by atoms with Gasteiger partial charge in [0.1, 0.15) is 17.9 Å². The molecule has 0 aliphatic heterocycles. The molecule has 4 rings (SSSR count). The van der Waals surface area contributed by atoms with Gasteiger partial charge in [0.05, 0.1) is 0 Å². The molecule has 0 spiro atoms. The van der Waals surface area contributed by atoms with Crippen molar-refractivity contribution in [2.24, 2.45) is 7.05 Å². The second-order valence-corrected chi connectivity index (χ2v) is 8.76. The van der Waals surface area contributed by atoms with E-state index in [4.69, 9.17) is 4.74 Å². The van der Waals surface area contributed by atoms with Gasteiger partial charge in [-0.15, -0.1) is 10.2 Å². The summed E-state index contributed by atoms with van der Waals surface area (Å²) in [6.45, 7) is 3.92. The lowest BCUT2D eigenvalue weighted by Crippen LogP contribution is -2.13. The lowest BCUT2D eigenvalue weighted by Gasteiger charge is -2.08. The van der Waals surface area contributed by atoms with Crippen molar-refractivity contribution in [3.63, 3.8) is 0 Å². The summed E-state index contributed by atoms with van der Waals surface area (Å²) in [4.78, 5) is 8.21. The molecular weight excluding hydrogens is 418 g/mol. The number of nitrogens with zero attached hydrogens (tertiary/aromatic N) is 6. The van der Waals surface area contributed by atoms with E-state index >= 15 is 0 Å². The number of hydrogen-bond acceptors (Lipinski definition) is 7. The van der Waals surface area contributed by atoms with Crippen LogP contribution in [-0.4, -0.2) is 37.7 Å². The van der Waals surface area contributed by atoms with E-state index in [0.29, 0.717) is 29.0 Å². The molecule has 0 atom stereocenters. The monoisotopic (exact) mass is 439 g/mol. The van der Waals surface area contributed by atoms with Gasteiger partial charge in [0.15, 0.2) is 10.8 Å². The summed E-state index contributed by atoms with van der Waals surface area (Å²) < 4.78 is 37.0. The van der Waals surface area contributed by atoms with Crippen LogP contribution in [0.3, 0.4) is 0 Å². The first-order valence-electron chi connectivity index (χ1n) is 9.48. The van der Waals surface area contributed by atoms with Crippen LogP contribution in [-0.2, 0) is 17.1 Å². The average Bonchev–Trinajstić information content (AvgIpc) is 3.40. The van der Waals surface area contributed by atoms with Crippen molar-refractivity contribution in [1.29, 1.82) is 0 Å². The predicted molar refractivity (Wildman–Crippen MR) is 114 cm³/mol. The molecule has 3 heterocycles. The second kappa shape index (κ2) is 8.19. The molecule has 0 fully saturated rings. The van der Waals surface area contributed by atoms with Gasteiger partial charge in [0.2, 0.25) is 5.88 Å². The van der Waals surface area contributed by atoms with E-state index in [0.717, 1.165) is 0 Å². The zero-order chi connectivity index (χ0) is 22.0. The Balaban J connectivity index is 1.44. The third kappa shape index (κ3) is 4.56. The lowest BCUT2D eigenvalue weighted by atomic mass is 10.2. The molecule has 1 N–H and O–H groups in total.